The fourth-order valence-electron chi connectivity index (χ4n) is 10.6. The van der Waals surface area contributed by atoms with Crippen LogP contribution in [0.5, 0.6) is 23.0 Å². The second-order valence-electron chi connectivity index (χ2n) is 20.8. The largest absolute Gasteiger partial charge is 1.00 e. The van der Waals surface area contributed by atoms with Gasteiger partial charge < -0.3 is 50.5 Å². The molecule has 0 radical (unpaired) electrons. The maximum Gasteiger partial charge on any atom is 1.00 e. The van der Waals surface area contributed by atoms with Crippen molar-refractivity contribution in [2.45, 2.75) is 130 Å². The fraction of sp³-hybridized carbons (Fsp3) is 0.329. The summed E-state index contributed by atoms with van der Waals surface area (Å²) in [7, 11) is 3.31. The first-order valence-electron chi connectivity index (χ1n) is 28.8. The van der Waals surface area contributed by atoms with Crippen LogP contribution in [0.2, 0.25) is 0 Å². The van der Waals surface area contributed by atoms with Gasteiger partial charge in [0.25, 0.3) is 0 Å². The van der Waals surface area contributed by atoms with E-state index in [0.717, 1.165) is 129 Å². The summed E-state index contributed by atoms with van der Waals surface area (Å²) in [5, 5.41) is 34.3. The molecule has 1 unspecified atom stereocenters. The molecule has 0 amide bonds. The number of benzene rings is 6. The van der Waals surface area contributed by atoms with Crippen LogP contribution < -0.4 is 43.8 Å². The predicted octanol–water partition coefficient (Wildman–Crippen LogP) is 11.8. The molecule has 0 aliphatic heterocycles. The van der Waals surface area contributed by atoms with Crippen molar-refractivity contribution >= 4 is 46.5 Å². The number of aryl methyl sites for hydroxylation is 1. The van der Waals surface area contributed by atoms with Crippen molar-refractivity contribution in [3.05, 3.63) is 232 Å². The summed E-state index contributed by atoms with van der Waals surface area (Å²) < 4.78 is 20.8. The Morgan fingerprint density at radius 2 is 1.03 bits per heavy atom. The molecule has 18 heteroatoms. The minimum atomic E-state index is -0.740. The smallest absolute Gasteiger partial charge is 0.512 e. The minimum absolute atomic E-state index is 0. The Balaban J connectivity index is 0.000000237. The second kappa shape index (κ2) is 38.7. The number of aliphatic carboxylic acids is 1. The average Bonchev–Trinajstić information content (AvgIpc) is 3.67. The predicted molar refractivity (Wildman–Crippen MR) is 339 cm³/mol. The molecule has 8 aromatic rings. The van der Waals surface area contributed by atoms with E-state index in [4.69, 9.17) is 54.4 Å². The third-order valence-electron chi connectivity index (χ3n) is 15.2. The van der Waals surface area contributed by atoms with Crippen LogP contribution >= 0.6 is 23.2 Å². The van der Waals surface area contributed by atoms with E-state index in [1.54, 1.807) is 51.4 Å². The molecule has 2 aromatic heterocycles. The van der Waals surface area contributed by atoms with E-state index >= 15 is 0 Å². The van der Waals surface area contributed by atoms with E-state index in [1.807, 2.05) is 133 Å². The Hall–Kier alpha value is -7.55. The van der Waals surface area contributed by atoms with Gasteiger partial charge >= 0.3 is 35.5 Å². The van der Waals surface area contributed by atoms with Crippen molar-refractivity contribution in [1.29, 1.82) is 5.26 Å². The van der Waals surface area contributed by atoms with E-state index in [9.17, 15) is 29.4 Å². The number of carbonyl (C=O) groups is 4. The number of carbonyl (C=O) groups excluding carboxylic acids is 3. The maximum absolute atomic E-state index is 12.2. The average molecular weight is 1240 g/mol. The number of imidazole rings is 2. The molecule has 0 fully saturated rings. The molecule has 0 spiro atoms. The van der Waals surface area contributed by atoms with E-state index in [2.05, 4.69) is 29.0 Å². The molecule has 3 N–H and O–H groups in total. The van der Waals surface area contributed by atoms with Gasteiger partial charge in [-0.1, -0.05) is 72.8 Å². The molecule has 0 saturated carbocycles. The number of nitrogens with zero attached hydrogens (tertiary/aromatic N) is 5. The van der Waals surface area contributed by atoms with Gasteiger partial charge in [0.1, 0.15) is 29.1 Å². The van der Waals surface area contributed by atoms with Crippen LogP contribution in [0.1, 0.15) is 150 Å². The molecule has 3 aliphatic rings. The van der Waals surface area contributed by atoms with Crippen molar-refractivity contribution in [3.63, 3.8) is 0 Å². The number of hydrogen-bond acceptors (Lipinski definition) is 12. The number of rotatable bonds is 14. The zero-order valence-corrected chi connectivity index (χ0v) is 54.9. The van der Waals surface area contributed by atoms with Crippen molar-refractivity contribution in [3.8, 4) is 23.0 Å². The molecule has 0 bridgehead atoms. The van der Waals surface area contributed by atoms with Crippen molar-refractivity contribution in [2.75, 3.05) is 19.6 Å². The van der Waals surface area contributed by atoms with Crippen LogP contribution in [-0.2, 0) is 43.6 Å². The Bertz CT molecular complexity index is 3470. The Morgan fingerprint density at radius 1 is 0.591 bits per heavy atom. The quantitative estimate of drug-likeness (QED) is 0.0525. The number of aromatic nitrogens is 4. The number of methoxy groups -OCH3 is 2. The second-order valence-corrected chi connectivity index (χ2v) is 21.6. The third kappa shape index (κ3) is 21.6. The van der Waals surface area contributed by atoms with Gasteiger partial charge in [0.15, 0.2) is 17.3 Å². The number of ether oxygens (including phenoxy) is 3. The number of aliphatic hydroxyl groups is 1. The minimum Gasteiger partial charge on any atom is -0.512 e. The van der Waals surface area contributed by atoms with Crippen LogP contribution in [0.15, 0.2) is 153 Å². The molecule has 458 valence electrons. The molecule has 0 saturated heterocycles. The number of Topliss-reactive ketones (excluding diaryl/α,β-unsaturated/α-hetero) is 3. The van der Waals surface area contributed by atoms with Gasteiger partial charge in [-0.25, -0.2) is 9.97 Å². The number of ketones is 3. The molecule has 88 heavy (non-hydrogen) atoms. The number of phenols is 1. The summed E-state index contributed by atoms with van der Waals surface area (Å²) >= 11 is 9.53. The first kappa shape index (κ1) is 72.9. The van der Waals surface area contributed by atoms with Crippen LogP contribution in [0.4, 0.5) is 0 Å². The Kier molecular flexibility index (Phi) is 32.0. The standard InChI is InChI=1S/C22H22N2O2.C12H16O3.C12H14O2.C11H12N2O.C11H12O2.CH2Cl2.CN.Na/c1-16-18-8-5-9-20(25)19(18)10-11-21(16)26-22(14-24-13-12-23-15-24)17-6-3-2-4-7-17;1-9-10(6-4-8-12(13)14)5-3-7-11(9)15-2;1-8-9-4-3-5-11(13)10(9)6-7-12(8)14-2;14-11(8-13-7-6-12-9-13)10-4-2-1-3-5-10;1-7-8-3-2-4-11(13)9(8)5-6-10(7)12;2-1-3;1-2;/h2-4,6-7,10-13,15,22H,5,8-9,14H2,1H3;3,5,7H,4,6,8H2,1-2H3,(H,13,14);6-7H,3-5H2,1-2H3;1-7,9,11,14H,8H2;5-6,12H,2-4H2,1H3;1H2;;/q;;;;;;-1;+1/t22-;;;;;;;/m1......./s1. The Labute approximate surface area is 549 Å². The van der Waals surface area contributed by atoms with Crippen LogP contribution in [0.3, 0.4) is 0 Å². The molecule has 3 aliphatic carbocycles. The normalized spacial score (nSPS) is 13.0. The first-order chi connectivity index (χ1) is 42.1. The summed E-state index contributed by atoms with van der Waals surface area (Å²) in [5.74, 6) is 2.90. The summed E-state index contributed by atoms with van der Waals surface area (Å²) in [4.78, 5) is 53.6. The van der Waals surface area contributed by atoms with Crippen LogP contribution in [0, 0.1) is 39.5 Å². The first-order valence-corrected chi connectivity index (χ1v) is 29.9. The number of aromatic hydroxyl groups is 1. The number of carboxylic acids is 1. The zero-order chi connectivity index (χ0) is 63.3. The topological polar surface area (TPSA) is 216 Å². The van der Waals surface area contributed by atoms with Crippen LogP contribution in [0.25, 0.3) is 0 Å². The van der Waals surface area contributed by atoms with Gasteiger partial charge in [-0.15, -0.1) is 23.2 Å². The number of fused-ring (bicyclic) bond motifs is 3. The molecule has 11 rings (SSSR count). The number of hydrogen-bond donors (Lipinski definition) is 3. The van der Waals surface area contributed by atoms with Crippen molar-refractivity contribution in [2.24, 2.45) is 0 Å². The number of aliphatic hydroxyl groups excluding tert-OH is 1. The van der Waals surface area contributed by atoms with E-state index in [1.165, 1.54) is 5.56 Å². The van der Waals surface area contributed by atoms with Gasteiger partial charge in [-0.05, 0) is 177 Å². The van der Waals surface area contributed by atoms with Crippen molar-refractivity contribution < 1.29 is 78.3 Å². The third-order valence-corrected chi connectivity index (χ3v) is 15.2. The summed E-state index contributed by atoms with van der Waals surface area (Å²) in [6.07, 6.45) is 19.5. The maximum atomic E-state index is 12.2. The summed E-state index contributed by atoms with van der Waals surface area (Å²) in [6, 6.07) is 36.7. The van der Waals surface area contributed by atoms with Gasteiger partial charge in [-0.2, -0.15) is 0 Å². The molecule has 2 atom stereocenters. The Morgan fingerprint density at radius 3 is 1.51 bits per heavy atom. The molecule has 2 heterocycles. The molecular weight excluding hydrogens is 1160 g/mol. The van der Waals surface area contributed by atoms with E-state index in [-0.39, 0.29) is 64.8 Å². The zero-order valence-electron chi connectivity index (χ0n) is 51.4. The van der Waals surface area contributed by atoms with E-state index in [0.29, 0.717) is 44.5 Å². The number of halogens is 2. The van der Waals surface area contributed by atoms with E-state index < -0.39 is 12.1 Å². The van der Waals surface area contributed by atoms with Crippen molar-refractivity contribution in [1.82, 2.24) is 19.1 Å². The molecule has 15 nitrogen and oxygen atoms in total. The number of carboxylic acid groups (broad SMARTS) is 1. The fourth-order valence-corrected chi connectivity index (χ4v) is 10.6. The number of alkyl halides is 2. The molecule has 6 aromatic carbocycles. The van der Waals surface area contributed by atoms with Gasteiger partial charge in [-0.3, -0.25) is 19.2 Å². The SMILES string of the molecule is COc1ccc2c(c1C)CCCC2=O.COc1cccc(CCCC(=O)O)c1C.Cc1c(O)ccc2c1CCCC2=O.Cc1c(O[C@H](Cn2ccnc2)c2ccccc2)ccc2c1CCCC2=O.ClCCl.OC(Cn1ccnc1)c1ccccc1.[C-]#N.[Na+]. The number of phenolic OH excluding ortho intramolecular Hbond substituents is 1. The molecular formula is C70H78Cl2N5NaO10. The van der Waals surface area contributed by atoms with Gasteiger partial charge in [0.2, 0.25) is 0 Å². The van der Waals surface area contributed by atoms with Crippen LogP contribution in [-0.4, -0.2) is 77.3 Å². The van der Waals surface area contributed by atoms with Gasteiger partial charge in [0, 0.05) is 67.2 Å². The summed E-state index contributed by atoms with van der Waals surface area (Å²) in [6.45, 7) is 13.9. The van der Waals surface area contributed by atoms with Gasteiger partial charge in [0.05, 0.1) is 51.4 Å². The monoisotopic (exact) mass is 1240 g/mol. The summed E-state index contributed by atoms with van der Waals surface area (Å²) in [5.41, 5.74) is 13.3.